The van der Waals surface area contributed by atoms with Crippen molar-refractivity contribution in [1.29, 1.82) is 0 Å². The highest BCUT2D eigenvalue weighted by Crippen LogP contribution is 2.40. The van der Waals surface area contributed by atoms with Crippen LogP contribution in [0.5, 0.6) is 0 Å². The highest BCUT2D eigenvalue weighted by Gasteiger charge is 2.46. The number of carbonyl (C=O) groups is 1. The number of hydrogen-bond donors (Lipinski definition) is 3. The van der Waals surface area contributed by atoms with Crippen LogP contribution in [0.4, 0.5) is 0 Å². The van der Waals surface area contributed by atoms with E-state index in [1.807, 2.05) is 37.4 Å². The van der Waals surface area contributed by atoms with Gasteiger partial charge in [0.1, 0.15) is 0 Å². The number of aromatic nitrogens is 2. The van der Waals surface area contributed by atoms with E-state index in [4.69, 9.17) is 0 Å². The predicted octanol–water partition coefficient (Wildman–Crippen LogP) is 2.45. The molecule has 1 aliphatic rings. The fraction of sp³-hybridized carbons (Fsp3) is 0.474. The van der Waals surface area contributed by atoms with Gasteiger partial charge in [0.2, 0.25) is 0 Å². The van der Waals surface area contributed by atoms with Crippen molar-refractivity contribution in [3.8, 4) is 0 Å². The van der Waals surface area contributed by atoms with Gasteiger partial charge in [-0.2, -0.15) is 0 Å². The van der Waals surface area contributed by atoms with Crippen molar-refractivity contribution >= 4 is 5.91 Å². The number of nitrogens with one attached hydrogen (secondary N) is 2. The summed E-state index contributed by atoms with van der Waals surface area (Å²) in [6.07, 6.45) is 7.99. The minimum absolute atomic E-state index is 0.0226. The standard InChI is InChI=1S/C19H25N3O2/c1-14-6-8-16(9-7-14)19(24,15-4-2-3-5-15)18(23)21-11-10-17-12-20-13-22-17/h6-9,12-13,15,24H,2-5,10-11H2,1H3,(H,20,22)(H,21,23). The number of imidazole rings is 1. The first kappa shape index (κ1) is 16.7. The lowest BCUT2D eigenvalue weighted by molar-refractivity contribution is -0.147. The van der Waals surface area contributed by atoms with E-state index < -0.39 is 5.60 Å². The number of H-pyrrole nitrogens is 1. The topological polar surface area (TPSA) is 78.0 Å². The summed E-state index contributed by atoms with van der Waals surface area (Å²) < 4.78 is 0. The lowest BCUT2D eigenvalue weighted by Crippen LogP contribution is -2.49. The van der Waals surface area contributed by atoms with E-state index in [1.165, 1.54) is 0 Å². The molecule has 0 bridgehead atoms. The lowest BCUT2D eigenvalue weighted by Gasteiger charge is -2.33. The van der Waals surface area contributed by atoms with Crippen molar-refractivity contribution in [2.45, 2.75) is 44.6 Å². The average molecular weight is 327 g/mol. The summed E-state index contributed by atoms with van der Waals surface area (Å²) in [7, 11) is 0. The minimum Gasteiger partial charge on any atom is -0.375 e. The summed E-state index contributed by atoms with van der Waals surface area (Å²) in [4.78, 5) is 19.9. The third-order valence-corrected chi connectivity index (χ3v) is 5.01. The molecule has 1 atom stereocenters. The van der Waals surface area contributed by atoms with E-state index >= 15 is 0 Å². The molecule has 5 nitrogen and oxygen atoms in total. The SMILES string of the molecule is Cc1ccc(C(O)(C(=O)NCCc2c[nH]cn2)C2CCCC2)cc1. The highest BCUT2D eigenvalue weighted by atomic mass is 16.3. The summed E-state index contributed by atoms with van der Waals surface area (Å²) >= 11 is 0. The fourth-order valence-electron chi connectivity index (χ4n) is 3.57. The molecule has 1 aromatic carbocycles. The molecule has 1 heterocycles. The Hall–Kier alpha value is -2.14. The van der Waals surface area contributed by atoms with E-state index in [1.54, 1.807) is 6.33 Å². The van der Waals surface area contributed by atoms with Crippen LogP contribution in [0.25, 0.3) is 0 Å². The Labute approximate surface area is 142 Å². The largest absolute Gasteiger partial charge is 0.375 e. The average Bonchev–Trinajstić information content (AvgIpc) is 3.28. The third kappa shape index (κ3) is 3.36. The molecule has 3 rings (SSSR count). The molecule has 1 unspecified atom stereocenters. The van der Waals surface area contributed by atoms with Gasteiger partial charge in [0, 0.05) is 25.1 Å². The first-order valence-corrected chi connectivity index (χ1v) is 8.66. The van der Waals surface area contributed by atoms with Crippen molar-refractivity contribution in [3.63, 3.8) is 0 Å². The van der Waals surface area contributed by atoms with Crippen LogP contribution >= 0.6 is 0 Å². The molecule has 0 spiro atoms. The molecule has 0 radical (unpaired) electrons. The zero-order valence-electron chi connectivity index (χ0n) is 14.1. The fourth-order valence-corrected chi connectivity index (χ4v) is 3.57. The second kappa shape index (κ2) is 7.18. The number of amides is 1. The van der Waals surface area contributed by atoms with Crippen LogP contribution in [0, 0.1) is 12.8 Å². The van der Waals surface area contributed by atoms with E-state index in [0.717, 1.165) is 36.9 Å². The van der Waals surface area contributed by atoms with Gasteiger partial charge in [-0.25, -0.2) is 4.98 Å². The molecule has 1 amide bonds. The Morgan fingerprint density at radius 3 is 2.67 bits per heavy atom. The van der Waals surface area contributed by atoms with Crippen molar-refractivity contribution in [1.82, 2.24) is 15.3 Å². The monoisotopic (exact) mass is 327 g/mol. The molecule has 1 saturated carbocycles. The Bertz CT molecular complexity index is 660. The smallest absolute Gasteiger partial charge is 0.256 e. The second-order valence-electron chi connectivity index (χ2n) is 6.68. The molecule has 24 heavy (non-hydrogen) atoms. The zero-order chi connectivity index (χ0) is 17.0. The molecule has 1 fully saturated rings. The van der Waals surface area contributed by atoms with Gasteiger partial charge in [-0.3, -0.25) is 4.79 Å². The summed E-state index contributed by atoms with van der Waals surface area (Å²) in [6.45, 7) is 2.47. The number of benzene rings is 1. The number of aryl methyl sites for hydroxylation is 1. The number of aromatic amines is 1. The normalized spacial score (nSPS) is 17.6. The van der Waals surface area contributed by atoms with Crippen LogP contribution in [0.2, 0.25) is 0 Å². The first-order valence-electron chi connectivity index (χ1n) is 8.66. The molecule has 2 aromatic rings. The quantitative estimate of drug-likeness (QED) is 0.762. The number of rotatable bonds is 6. The third-order valence-electron chi connectivity index (χ3n) is 5.01. The van der Waals surface area contributed by atoms with Gasteiger partial charge >= 0.3 is 0 Å². The van der Waals surface area contributed by atoms with Gasteiger partial charge in [-0.05, 0) is 25.3 Å². The summed E-state index contributed by atoms with van der Waals surface area (Å²) in [5.41, 5.74) is 1.26. The van der Waals surface area contributed by atoms with Crippen molar-refractivity contribution in [3.05, 3.63) is 53.6 Å². The number of carbonyl (C=O) groups excluding carboxylic acids is 1. The lowest BCUT2D eigenvalue weighted by atomic mass is 9.79. The summed E-state index contributed by atoms with van der Waals surface area (Å²) in [5, 5.41) is 14.3. The van der Waals surface area contributed by atoms with Crippen LogP contribution in [0.3, 0.4) is 0 Å². The van der Waals surface area contributed by atoms with Gasteiger partial charge in [0.15, 0.2) is 5.60 Å². The maximum absolute atomic E-state index is 12.9. The van der Waals surface area contributed by atoms with Crippen LogP contribution in [0.1, 0.15) is 42.5 Å². The maximum Gasteiger partial charge on any atom is 0.256 e. The number of nitrogens with zero attached hydrogens (tertiary/aromatic N) is 1. The maximum atomic E-state index is 12.9. The molecule has 1 aliphatic carbocycles. The first-order chi connectivity index (χ1) is 11.6. The van der Waals surface area contributed by atoms with Crippen molar-refractivity contribution in [2.75, 3.05) is 6.54 Å². The van der Waals surface area contributed by atoms with Crippen LogP contribution < -0.4 is 5.32 Å². The van der Waals surface area contributed by atoms with E-state index in [0.29, 0.717) is 18.5 Å². The molecule has 0 aliphatic heterocycles. The number of hydrogen-bond acceptors (Lipinski definition) is 3. The van der Waals surface area contributed by atoms with Crippen molar-refractivity contribution in [2.24, 2.45) is 5.92 Å². The molecule has 1 aromatic heterocycles. The molecular weight excluding hydrogens is 302 g/mol. The predicted molar refractivity (Wildman–Crippen MR) is 92.3 cm³/mol. The Morgan fingerprint density at radius 2 is 2.04 bits per heavy atom. The van der Waals surface area contributed by atoms with Crippen LogP contribution in [-0.4, -0.2) is 27.5 Å². The Kier molecular flexibility index (Phi) is 5.00. The highest BCUT2D eigenvalue weighted by molar-refractivity contribution is 5.86. The Morgan fingerprint density at radius 1 is 1.33 bits per heavy atom. The van der Waals surface area contributed by atoms with Crippen LogP contribution in [-0.2, 0) is 16.8 Å². The second-order valence-corrected chi connectivity index (χ2v) is 6.68. The Balaban J connectivity index is 1.75. The van der Waals surface area contributed by atoms with Gasteiger partial charge in [0.25, 0.3) is 5.91 Å². The summed E-state index contributed by atoms with van der Waals surface area (Å²) in [5.74, 6) is -0.320. The molecule has 0 saturated heterocycles. The molecule has 128 valence electrons. The van der Waals surface area contributed by atoms with Crippen molar-refractivity contribution < 1.29 is 9.90 Å². The minimum atomic E-state index is -1.45. The zero-order valence-corrected chi connectivity index (χ0v) is 14.1. The van der Waals surface area contributed by atoms with Gasteiger partial charge < -0.3 is 15.4 Å². The van der Waals surface area contributed by atoms with Crippen LogP contribution in [0.15, 0.2) is 36.8 Å². The molecule has 5 heteroatoms. The van der Waals surface area contributed by atoms with Gasteiger partial charge in [0.05, 0.1) is 12.0 Å². The summed E-state index contributed by atoms with van der Waals surface area (Å²) in [6, 6.07) is 7.65. The van der Waals surface area contributed by atoms with Gasteiger partial charge in [-0.15, -0.1) is 0 Å². The molecule has 3 N–H and O–H groups in total. The van der Waals surface area contributed by atoms with E-state index in [9.17, 15) is 9.90 Å². The molecular formula is C19H25N3O2. The van der Waals surface area contributed by atoms with Gasteiger partial charge in [-0.1, -0.05) is 42.7 Å². The number of aliphatic hydroxyl groups is 1. The van der Waals surface area contributed by atoms with E-state index in [2.05, 4.69) is 15.3 Å². The van der Waals surface area contributed by atoms with E-state index in [-0.39, 0.29) is 11.8 Å².